The molecule has 0 aliphatic heterocycles. The molecule has 3 N–H and O–H groups in total. The molecule has 0 aliphatic rings. The van der Waals surface area contributed by atoms with Crippen LogP contribution >= 0.6 is 0 Å². The molecule has 1 aromatic rings. The molecule has 0 saturated heterocycles. The maximum absolute atomic E-state index is 9.15. The number of aliphatic hydroxyl groups is 1. The van der Waals surface area contributed by atoms with Crippen LogP contribution in [0.3, 0.4) is 0 Å². The second-order valence-corrected chi connectivity index (χ2v) is 4.94. The van der Waals surface area contributed by atoms with Crippen LogP contribution in [0.4, 0.5) is 0 Å². The second kappa shape index (κ2) is 4.97. The summed E-state index contributed by atoms with van der Waals surface area (Å²) >= 11 is 0. The molecule has 16 heavy (non-hydrogen) atoms. The van der Waals surface area contributed by atoms with E-state index in [4.69, 9.17) is 10.8 Å². The van der Waals surface area contributed by atoms with Crippen molar-refractivity contribution >= 4 is 0 Å². The van der Waals surface area contributed by atoms with E-state index in [0.717, 1.165) is 12.1 Å². The van der Waals surface area contributed by atoms with Gasteiger partial charge in [0.2, 0.25) is 0 Å². The van der Waals surface area contributed by atoms with Gasteiger partial charge in [0.1, 0.15) is 0 Å². The van der Waals surface area contributed by atoms with E-state index in [9.17, 15) is 0 Å². The zero-order valence-electron chi connectivity index (χ0n) is 10.7. The van der Waals surface area contributed by atoms with Crippen LogP contribution in [0.15, 0.2) is 6.20 Å². The predicted octanol–water partition coefficient (Wildman–Crippen LogP) is 1.19. The van der Waals surface area contributed by atoms with Crippen molar-refractivity contribution in [2.45, 2.75) is 45.1 Å². The molecule has 1 heterocycles. The fourth-order valence-corrected chi connectivity index (χ4v) is 2.18. The smallest absolute Gasteiger partial charge is 0.0657 e. The van der Waals surface area contributed by atoms with Crippen LogP contribution in [0.5, 0.6) is 0 Å². The lowest BCUT2D eigenvalue weighted by molar-refractivity contribution is 0.250. The third-order valence-corrected chi connectivity index (χ3v) is 2.96. The molecular formula is C12H23N3O. The highest BCUT2D eigenvalue weighted by atomic mass is 16.3. The van der Waals surface area contributed by atoms with Gasteiger partial charge in [0.05, 0.1) is 5.69 Å². The maximum atomic E-state index is 9.15. The Hall–Kier alpha value is -0.870. The van der Waals surface area contributed by atoms with Crippen LogP contribution in [0.2, 0.25) is 0 Å². The zero-order chi connectivity index (χ0) is 12.3. The first-order chi connectivity index (χ1) is 7.40. The molecule has 0 saturated carbocycles. The molecular weight excluding hydrogens is 202 g/mol. The molecule has 4 heteroatoms. The van der Waals surface area contributed by atoms with Crippen LogP contribution < -0.4 is 5.73 Å². The zero-order valence-corrected chi connectivity index (χ0v) is 10.7. The summed E-state index contributed by atoms with van der Waals surface area (Å²) in [7, 11) is 1.92. The van der Waals surface area contributed by atoms with Gasteiger partial charge < -0.3 is 10.8 Å². The Morgan fingerprint density at radius 1 is 1.56 bits per heavy atom. The second-order valence-electron chi connectivity index (χ2n) is 4.94. The standard InChI is InChI=1S/C12H23N3O/c1-5-11-9(8-15(4)14-11)10(6-7-16)12(2,3)13/h8,10,16H,5-7,13H2,1-4H3. The number of rotatable bonds is 5. The molecule has 0 amide bonds. The minimum atomic E-state index is -0.338. The number of hydrogen-bond donors (Lipinski definition) is 2. The van der Waals surface area contributed by atoms with Gasteiger partial charge in [-0.3, -0.25) is 4.68 Å². The number of aryl methyl sites for hydroxylation is 2. The summed E-state index contributed by atoms with van der Waals surface area (Å²) in [6.45, 7) is 6.24. The quantitative estimate of drug-likeness (QED) is 0.791. The maximum Gasteiger partial charge on any atom is 0.0657 e. The first-order valence-corrected chi connectivity index (χ1v) is 5.82. The van der Waals surface area contributed by atoms with Crippen molar-refractivity contribution in [1.29, 1.82) is 0 Å². The molecule has 0 radical (unpaired) electrons. The summed E-state index contributed by atoms with van der Waals surface area (Å²) in [6.07, 6.45) is 3.60. The van der Waals surface area contributed by atoms with E-state index >= 15 is 0 Å². The van der Waals surface area contributed by atoms with Gasteiger partial charge in [-0.25, -0.2) is 0 Å². The Kier molecular flexibility index (Phi) is 4.10. The lowest BCUT2D eigenvalue weighted by Crippen LogP contribution is -2.40. The van der Waals surface area contributed by atoms with E-state index in [-0.39, 0.29) is 18.1 Å². The number of aromatic nitrogens is 2. The minimum Gasteiger partial charge on any atom is -0.396 e. The Bertz CT molecular complexity index is 339. The first kappa shape index (κ1) is 13.2. The average Bonchev–Trinajstić information content (AvgIpc) is 2.53. The molecule has 0 bridgehead atoms. The molecule has 0 spiro atoms. The van der Waals surface area contributed by atoms with Gasteiger partial charge in [-0.15, -0.1) is 0 Å². The highest BCUT2D eigenvalue weighted by Gasteiger charge is 2.29. The lowest BCUT2D eigenvalue weighted by atomic mass is 9.80. The highest BCUT2D eigenvalue weighted by molar-refractivity contribution is 5.25. The van der Waals surface area contributed by atoms with Crippen LogP contribution in [-0.2, 0) is 13.5 Å². The van der Waals surface area contributed by atoms with Crippen molar-refractivity contribution in [2.24, 2.45) is 12.8 Å². The Balaban J connectivity index is 3.09. The summed E-state index contributed by atoms with van der Waals surface area (Å²) in [5.74, 6) is 0.154. The van der Waals surface area contributed by atoms with Crippen LogP contribution in [-0.4, -0.2) is 27.0 Å². The molecule has 1 atom stereocenters. The third kappa shape index (κ3) is 2.83. The Labute approximate surface area is 97.5 Å². The van der Waals surface area contributed by atoms with E-state index in [1.54, 1.807) is 0 Å². The molecule has 1 rings (SSSR count). The molecule has 4 nitrogen and oxygen atoms in total. The van der Waals surface area contributed by atoms with Crippen molar-refractivity contribution in [2.75, 3.05) is 6.61 Å². The van der Waals surface area contributed by atoms with Crippen molar-refractivity contribution in [1.82, 2.24) is 9.78 Å². The average molecular weight is 225 g/mol. The summed E-state index contributed by atoms with van der Waals surface area (Å²) in [5.41, 5.74) is 8.10. The molecule has 0 aromatic carbocycles. The SMILES string of the molecule is CCc1nn(C)cc1C(CCO)C(C)(C)N. The Morgan fingerprint density at radius 2 is 2.19 bits per heavy atom. The van der Waals surface area contributed by atoms with Gasteiger partial charge in [0.25, 0.3) is 0 Å². The summed E-state index contributed by atoms with van der Waals surface area (Å²) in [5, 5.41) is 13.6. The molecule has 0 fully saturated rings. The highest BCUT2D eigenvalue weighted by Crippen LogP contribution is 2.31. The number of nitrogens with zero attached hydrogens (tertiary/aromatic N) is 2. The van der Waals surface area contributed by atoms with Crippen molar-refractivity contribution < 1.29 is 5.11 Å². The van der Waals surface area contributed by atoms with E-state index in [2.05, 4.69) is 12.0 Å². The van der Waals surface area contributed by atoms with Crippen molar-refractivity contribution in [3.05, 3.63) is 17.5 Å². The fourth-order valence-electron chi connectivity index (χ4n) is 2.18. The molecule has 1 unspecified atom stereocenters. The summed E-state index contributed by atoms with van der Waals surface area (Å²) < 4.78 is 1.82. The monoisotopic (exact) mass is 225 g/mol. The fraction of sp³-hybridized carbons (Fsp3) is 0.750. The lowest BCUT2D eigenvalue weighted by Gasteiger charge is -2.30. The minimum absolute atomic E-state index is 0.154. The Morgan fingerprint density at radius 3 is 2.62 bits per heavy atom. The number of hydrogen-bond acceptors (Lipinski definition) is 3. The number of nitrogens with two attached hydrogens (primary N) is 1. The van der Waals surface area contributed by atoms with Gasteiger partial charge in [-0.1, -0.05) is 6.92 Å². The topological polar surface area (TPSA) is 64.1 Å². The van der Waals surface area contributed by atoms with Gasteiger partial charge in [-0.2, -0.15) is 5.10 Å². The molecule has 1 aromatic heterocycles. The largest absolute Gasteiger partial charge is 0.396 e. The van der Waals surface area contributed by atoms with E-state index in [1.165, 1.54) is 5.56 Å². The van der Waals surface area contributed by atoms with Gasteiger partial charge in [-0.05, 0) is 32.3 Å². The van der Waals surface area contributed by atoms with Crippen LogP contribution in [0, 0.1) is 0 Å². The van der Waals surface area contributed by atoms with E-state index in [0.29, 0.717) is 6.42 Å². The van der Waals surface area contributed by atoms with Gasteiger partial charge in [0, 0.05) is 31.3 Å². The third-order valence-electron chi connectivity index (χ3n) is 2.96. The summed E-state index contributed by atoms with van der Waals surface area (Å²) in [6, 6.07) is 0. The summed E-state index contributed by atoms with van der Waals surface area (Å²) in [4.78, 5) is 0. The van der Waals surface area contributed by atoms with Crippen molar-refractivity contribution in [3.63, 3.8) is 0 Å². The van der Waals surface area contributed by atoms with E-state index in [1.807, 2.05) is 31.8 Å². The normalized spacial score (nSPS) is 14.1. The van der Waals surface area contributed by atoms with Gasteiger partial charge in [0.15, 0.2) is 0 Å². The predicted molar refractivity (Wildman–Crippen MR) is 65.3 cm³/mol. The van der Waals surface area contributed by atoms with Crippen molar-refractivity contribution in [3.8, 4) is 0 Å². The first-order valence-electron chi connectivity index (χ1n) is 5.82. The van der Waals surface area contributed by atoms with Crippen LogP contribution in [0.25, 0.3) is 0 Å². The number of aliphatic hydroxyl groups excluding tert-OH is 1. The van der Waals surface area contributed by atoms with Crippen LogP contribution in [0.1, 0.15) is 44.4 Å². The molecule has 0 aliphatic carbocycles. The van der Waals surface area contributed by atoms with Gasteiger partial charge >= 0.3 is 0 Å². The van der Waals surface area contributed by atoms with E-state index < -0.39 is 0 Å². The molecule has 92 valence electrons.